The Bertz CT molecular complexity index is 2120. The first-order valence-corrected chi connectivity index (χ1v) is 19.3. The smallest absolute Gasteiger partial charge is 0.416 e. The van der Waals surface area contributed by atoms with E-state index in [1.165, 1.54) is 30.0 Å². The molecule has 3 aromatic rings. The number of anilines is 1. The molecule has 55 heavy (non-hydrogen) atoms. The van der Waals surface area contributed by atoms with Crippen LogP contribution in [0.2, 0.25) is 5.02 Å². The summed E-state index contributed by atoms with van der Waals surface area (Å²) in [4.78, 5) is 44.1. The molecule has 2 aliphatic carbocycles. The molecule has 2 fully saturated rings. The lowest BCUT2D eigenvalue weighted by Crippen LogP contribution is -2.61. The Balaban J connectivity index is 0.00000580. The lowest BCUT2D eigenvalue weighted by molar-refractivity contribution is -0.145. The zero-order chi connectivity index (χ0) is 39.4. The van der Waals surface area contributed by atoms with E-state index >= 15 is 0 Å². The number of ether oxygens (including phenoxy) is 1. The highest BCUT2D eigenvalue weighted by Gasteiger charge is 2.62. The molecule has 3 aliphatic rings. The van der Waals surface area contributed by atoms with Gasteiger partial charge in [-0.1, -0.05) is 64.1 Å². The van der Waals surface area contributed by atoms with Crippen molar-refractivity contribution in [3.63, 3.8) is 0 Å². The number of hydrogen-bond donors (Lipinski definition) is 3. The van der Waals surface area contributed by atoms with Crippen LogP contribution in [0.15, 0.2) is 79.4 Å². The van der Waals surface area contributed by atoms with Crippen molar-refractivity contribution in [3.8, 4) is 11.5 Å². The monoisotopic (exact) mass is 802 g/mol. The van der Waals surface area contributed by atoms with E-state index < -0.39 is 73.2 Å². The van der Waals surface area contributed by atoms with Crippen molar-refractivity contribution in [2.24, 2.45) is 11.3 Å². The van der Waals surface area contributed by atoms with E-state index in [9.17, 15) is 36.0 Å². The van der Waals surface area contributed by atoms with Crippen LogP contribution in [0.4, 0.5) is 18.9 Å². The number of carbonyl (C=O) groups excluding carboxylic acids is 3. The van der Waals surface area contributed by atoms with Gasteiger partial charge in [0.25, 0.3) is 5.91 Å². The van der Waals surface area contributed by atoms with E-state index in [0.717, 1.165) is 12.1 Å². The fraction of sp³-hybridized carbons (Fsp3) is 0.425. The van der Waals surface area contributed by atoms with Crippen molar-refractivity contribution in [1.29, 1.82) is 0 Å². The van der Waals surface area contributed by atoms with Crippen LogP contribution in [-0.2, 0) is 43.5 Å². The summed E-state index contributed by atoms with van der Waals surface area (Å²) in [7, 11) is -4.04. The molecule has 0 aromatic heterocycles. The molecular weight excluding hydrogens is 757 g/mol. The number of nitrogens with zero attached hydrogens (tertiary/aromatic N) is 1. The second kappa shape index (κ2) is 14.8. The van der Waals surface area contributed by atoms with Gasteiger partial charge < -0.3 is 20.3 Å². The third-order valence-corrected chi connectivity index (χ3v) is 12.8. The minimum atomic E-state index is -4.61. The van der Waals surface area contributed by atoms with Crippen LogP contribution in [0.5, 0.6) is 11.5 Å². The fourth-order valence-corrected chi connectivity index (χ4v) is 8.13. The van der Waals surface area contributed by atoms with E-state index in [-0.39, 0.29) is 32.5 Å². The topological polar surface area (TPSA) is 134 Å². The normalized spacial score (nSPS) is 21.9. The summed E-state index contributed by atoms with van der Waals surface area (Å²) in [6.45, 7) is 10.5. The number of fused-ring (bicyclic) bond motifs is 1. The Kier molecular flexibility index (Phi) is 11.2. The molecule has 0 saturated heterocycles. The van der Waals surface area contributed by atoms with Crippen LogP contribution in [0.1, 0.15) is 71.1 Å². The Hall–Kier alpha value is -4.56. The minimum Gasteiger partial charge on any atom is -0.457 e. The molecule has 10 nitrogen and oxygen atoms in total. The summed E-state index contributed by atoms with van der Waals surface area (Å²) in [6, 6.07) is 14.2. The summed E-state index contributed by atoms with van der Waals surface area (Å²) < 4.78 is 74.0. The Morgan fingerprint density at radius 1 is 1.00 bits per heavy atom. The number of nitrogens with one attached hydrogen (secondary N) is 3. The van der Waals surface area contributed by atoms with Crippen LogP contribution in [-0.4, -0.2) is 53.4 Å². The quantitative estimate of drug-likeness (QED) is 0.170. The SMILES string of the molecule is C.C=C[C@@H]1C[C@]1(NC(=O)[C@H]1Cc2cc(Oc3cccc(Cl)c3)ccc2CN1C(=O)[C@@H](Nc1cccc(C(F)(F)F)c1)C(C)(C)C)C(=O)NS(=O)(=O)C1(C)CC1. The molecular formula is C40H46ClF3N4O6S. The third-order valence-electron chi connectivity index (χ3n) is 10.4. The maximum Gasteiger partial charge on any atom is 0.416 e. The van der Waals surface area contributed by atoms with E-state index in [1.807, 2.05) is 0 Å². The highest BCUT2D eigenvalue weighted by atomic mass is 35.5. The van der Waals surface area contributed by atoms with E-state index in [0.29, 0.717) is 40.5 Å². The van der Waals surface area contributed by atoms with Gasteiger partial charge in [0.15, 0.2) is 0 Å². The lowest BCUT2D eigenvalue weighted by Gasteiger charge is -2.41. The van der Waals surface area contributed by atoms with Crippen LogP contribution < -0.4 is 20.1 Å². The fourth-order valence-electron chi connectivity index (χ4n) is 6.64. The molecule has 15 heteroatoms. The number of benzene rings is 3. The molecule has 296 valence electrons. The van der Waals surface area contributed by atoms with Crippen molar-refractivity contribution in [1.82, 2.24) is 14.9 Å². The van der Waals surface area contributed by atoms with Gasteiger partial charge in [0.05, 0.1) is 10.3 Å². The first-order valence-electron chi connectivity index (χ1n) is 17.5. The molecule has 0 unspecified atom stereocenters. The largest absolute Gasteiger partial charge is 0.457 e. The van der Waals surface area contributed by atoms with Gasteiger partial charge in [0, 0.05) is 29.6 Å². The van der Waals surface area contributed by atoms with Gasteiger partial charge in [-0.2, -0.15) is 13.2 Å². The van der Waals surface area contributed by atoms with Gasteiger partial charge in [0.2, 0.25) is 21.8 Å². The average Bonchev–Trinajstić information content (AvgIpc) is 4.02. The molecule has 0 spiro atoms. The number of hydrogen-bond acceptors (Lipinski definition) is 7. The molecule has 2 saturated carbocycles. The summed E-state index contributed by atoms with van der Waals surface area (Å²) in [6.07, 6.45) is -2.28. The number of amides is 3. The highest BCUT2D eigenvalue weighted by Crippen LogP contribution is 2.47. The van der Waals surface area contributed by atoms with Gasteiger partial charge in [-0.15, -0.1) is 6.58 Å². The van der Waals surface area contributed by atoms with Gasteiger partial charge in [-0.3, -0.25) is 19.1 Å². The van der Waals surface area contributed by atoms with Gasteiger partial charge in [0.1, 0.15) is 29.1 Å². The lowest BCUT2D eigenvalue weighted by atomic mass is 9.84. The van der Waals surface area contributed by atoms with E-state index in [1.54, 1.807) is 63.2 Å². The second-order valence-corrected chi connectivity index (χ2v) is 18.2. The minimum absolute atomic E-state index is 0. The molecule has 4 atom stereocenters. The highest BCUT2D eigenvalue weighted by molar-refractivity contribution is 7.91. The molecule has 1 heterocycles. The van der Waals surface area contributed by atoms with Crippen LogP contribution in [0.25, 0.3) is 0 Å². The first-order chi connectivity index (χ1) is 25.2. The number of alkyl halides is 3. The summed E-state index contributed by atoms with van der Waals surface area (Å²) in [5, 5.41) is 6.25. The molecule has 6 rings (SSSR count). The Morgan fingerprint density at radius 2 is 1.67 bits per heavy atom. The number of sulfonamides is 1. The molecule has 3 aromatic carbocycles. The Labute approximate surface area is 324 Å². The number of carbonyl (C=O) groups is 3. The van der Waals surface area contributed by atoms with E-state index in [2.05, 4.69) is 21.9 Å². The maximum atomic E-state index is 14.7. The number of rotatable bonds is 11. The zero-order valence-electron chi connectivity index (χ0n) is 30.2. The van der Waals surface area contributed by atoms with Crippen molar-refractivity contribution < 1.29 is 40.7 Å². The average molecular weight is 803 g/mol. The number of halogens is 4. The maximum absolute atomic E-state index is 14.7. The zero-order valence-corrected chi connectivity index (χ0v) is 31.8. The van der Waals surface area contributed by atoms with E-state index in [4.69, 9.17) is 16.3 Å². The van der Waals surface area contributed by atoms with Gasteiger partial charge >= 0.3 is 6.18 Å². The predicted octanol–water partition coefficient (Wildman–Crippen LogP) is 7.63. The molecule has 1 aliphatic heterocycles. The molecule has 0 radical (unpaired) electrons. The van der Waals surface area contributed by atoms with Gasteiger partial charge in [-0.25, -0.2) is 8.42 Å². The van der Waals surface area contributed by atoms with Crippen LogP contribution >= 0.6 is 11.6 Å². The molecule has 3 amide bonds. The summed E-state index contributed by atoms with van der Waals surface area (Å²) in [5.74, 6) is -1.83. The summed E-state index contributed by atoms with van der Waals surface area (Å²) >= 11 is 6.14. The van der Waals surface area contributed by atoms with Crippen LogP contribution in [0.3, 0.4) is 0 Å². The summed E-state index contributed by atoms with van der Waals surface area (Å²) in [5.41, 5.74) is -1.94. The predicted molar refractivity (Wildman–Crippen MR) is 205 cm³/mol. The standard InChI is InChI=1S/C39H42ClF3N4O6S.CH4/c1-6-25-21-38(25,35(50)46-54(51,52)37(5)15-16-37)45-33(48)31-18-24-17-30(53-29-12-8-10-27(40)20-29)14-13-23(24)22-47(31)34(49)32(36(2,3)4)44-28-11-7-9-26(19-28)39(41,42)43;/h6-14,17,19-20,25,31-32,44H,1,15-16,18,21-22H2,2-5H3,(H,45,48)(H,46,50);1H4/t25-,31-,32-,38-;/m1./s1. The Morgan fingerprint density at radius 3 is 2.27 bits per heavy atom. The van der Waals surface area contributed by atoms with Crippen molar-refractivity contribution in [3.05, 3.63) is 101 Å². The van der Waals surface area contributed by atoms with Crippen LogP contribution in [0, 0.1) is 11.3 Å². The third kappa shape index (κ3) is 8.65. The molecule has 3 N–H and O–H groups in total. The van der Waals surface area contributed by atoms with Crippen molar-refractivity contribution in [2.45, 2.75) is 95.9 Å². The van der Waals surface area contributed by atoms with Crippen molar-refractivity contribution >= 4 is 45.0 Å². The molecule has 0 bridgehead atoms. The first kappa shape index (κ1) is 41.6. The second-order valence-electron chi connectivity index (χ2n) is 15.6. The van der Waals surface area contributed by atoms with Gasteiger partial charge in [-0.05, 0) is 91.3 Å². The van der Waals surface area contributed by atoms with Crippen molar-refractivity contribution in [2.75, 3.05) is 5.32 Å².